The fraction of sp³-hybridized carbons (Fsp3) is 0.571. The van der Waals surface area contributed by atoms with E-state index in [1.807, 2.05) is 0 Å². The van der Waals surface area contributed by atoms with Crippen molar-refractivity contribution in [1.29, 1.82) is 0 Å². The smallest absolute Gasteiger partial charge is 0.326 e. The first kappa shape index (κ1) is 23.8. The lowest BCUT2D eigenvalue weighted by Crippen LogP contribution is -2.48. The van der Waals surface area contributed by atoms with Crippen LogP contribution in [-0.4, -0.2) is 71.0 Å². The van der Waals surface area contributed by atoms with E-state index in [9.17, 15) is 28.8 Å². The number of aliphatic carboxylic acids is 2. The molecule has 0 aromatic heterocycles. The van der Waals surface area contributed by atoms with E-state index in [0.717, 1.165) is 0 Å². The first-order valence-corrected chi connectivity index (χ1v) is 7.84. The van der Waals surface area contributed by atoms with E-state index in [2.05, 4.69) is 16.0 Å². The van der Waals surface area contributed by atoms with Gasteiger partial charge in [-0.25, -0.2) is 9.59 Å². The molecule has 0 aromatic rings. The minimum Gasteiger partial charge on any atom is -0.480 e. The molecule has 0 aliphatic heterocycles. The first-order chi connectivity index (χ1) is 12.5. The second-order valence-corrected chi connectivity index (χ2v) is 5.53. The van der Waals surface area contributed by atoms with Crippen molar-refractivity contribution in [3.8, 4) is 0 Å². The van der Waals surface area contributed by atoms with Crippen LogP contribution < -0.4 is 27.4 Å². The predicted molar refractivity (Wildman–Crippen MR) is 88.9 cm³/mol. The van der Waals surface area contributed by atoms with Crippen molar-refractivity contribution in [2.45, 2.75) is 37.8 Å². The van der Waals surface area contributed by atoms with Gasteiger partial charge in [0.15, 0.2) is 0 Å². The summed E-state index contributed by atoms with van der Waals surface area (Å²) >= 11 is 0. The van der Waals surface area contributed by atoms with Gasteiger partial charge in [0.1, 0.15) is 12.1 Å². The van der Waals surface area contributed by atoms with Gasteiger partial charge in [-0.3, -0.25) is 24.5 Å². The molecule has 0 aromatic carbocycles. The molecule has 4 amide bonds. The highest BCUT2D eigenvalue weighted by Crippen LogP contribution is 1.98. The molecule has 9 N–H and O–H groups in total. The van der Waals surface area contributed by atoms with E-state index in [1.165, 1.54) is 0 Å². The molecular formula is C14H23N5O8. The lowest BCUT2D eigenvalue weighted by atomic mass is 10.1. The van der Waals surface area contributed by atoms with Crippen molar-refractivity contribution in [3.05, 3.63) is 0 Å². The number of carboxylic acid groups (broad SMARTS) is 2. The number of primary amides is 2. The Morgan fingerprint density at radius 2 is 1.04 bits per heavy atom. The lowest BCUT2D eigenvalue weighted by Gasteiger charge is -2.15. The maximum Gasteiger partial charge on any atom is 0.326 e. The fourth-order valence-corrected chi connectivity index (χ4v) is 1.87. The van der Waals surface area contributed by atoms with Crippen LogP contribution in [0.1, 0.15) is 25.7 Å². The van der Waals surface area contributed by atoms with Gasteiger partial charge < -0.3 is 32.3 Å². The number of nitrogens with one attached hydrogen (secondary N) is 3. The standard InChI is InChI=1S/C14H23N5O8/c15-9(20)3-1-7(13(24)25)18-11(22)5-17-6-12(23)19-8(14(26)27)2-4-10(16)21/h7-8,17H,1-6H2,(H2,15,20)(H2,16,21)(H,18,22)(H,19,23)(H,24,25)(H,26,27)/t7-,8-/m0/s1. The molecule has 13 nitrogen and oxygen atoms in total. The monoisotopic (exact) mass is 389 g/mol. The zero-order chi connectivity index (χ0) is 21.0. The van der Waals surface area contributed by atoms with Gasteiger partial charge in [-0.15, -0.1) is 0 Å². The number of carboxylic acids is 2. The number of amides is 4. The molecule has 0 aliphatic rings. The van der Waals surface area contributed by atoms with Gasteiger partial charge in [-0.2, -0.15) is 0 Å². The van der Waals surface area contributed by atoms with Gasteiger partial charge in [0.05, 0.1) is 13.1 Å². The van der Waals surface area contributed by atoms with E-state index in [0.29, 0.717) is 0 Å². The third kappa shape index (κ3) is 11.9. The maximum absolute atomic E-state index is 11.7. The second-order valence-electron chi connectivity index (χ2n) is 5.53. The number of hydrogen-bond donors (Lipinski definition) is 7. The summed E-state index contributed by atoms with van der Waals surface area (Å²) in [6.07, 6.45) is -0.821. The SMILES string of the molecule is NC(=O)CC[C@H](NC(=O)CNCC(=O)N[C@@H](CCC(N)=O)C(=O)O)C(=O)O. The molecule has 0 heterocycles. The highest BCUT2D eigenvalue weighted by atomic mass is 16.4. The van der Waals surface area contributed by atoms with Gasteiger partial charge in [0.25, 0.3) is 0 Å². The average Bonchev–Trinajstić information content (AvgIpc) is 2.54. The van der Waals surface area contributed by atoms with Crippen molar-refractivity contribution in [1.82, 2.24) is 16.0 Å². The molecular weight excluding hydrogens is 366 g/mol. The number of carbonyl (C=O) groups excluding carboxylic acids is 4. The van der Waals surface area contributed by atoms with Crippen LogP contribution in [0.5, 0.6) is 0 Å². The third-order valence-corrected chi connectivity index (χ3v) is 3.20. The van der Waals surface area contributed by atoms with Gasteiger partial charge >= 0.3 is 11.9 Å². The maximum atomic E-state index is 11.7. The molecule has 0 saturated carbocycles. The molecule has 27 heavy (non-hydrogen) atoms. The number of hydrogen-bond acceptors (Lipinski definition) is 7. The van der Waals surface area contributed by atoms with Crippen molar-refractivity contribution < 1.29 is 39.0 Å². The van der Waals surface area contributed by atoms with Gasteiger partial charge in [0.2, 0.25) is 23.6 Å². The normalized spacial score (nSPS) is 12.4. The summed E-state index contributed by atoms with van der Waals surface area (Å²) in [5.41, 5.74) is 9.83. The molecule has 0 spiro atoms. The molecule has 0 bridgehead atoms. The predicted octanol–water partition coefficient (Wildman–Crippen LogP) is -3.75. The Kier molecular flexibility index (Phi) is 10.7. The van der Waals surface area contributed by atoms with Gasteiger partial charge in [-0.05, 0) is 12.8 Å². The van der Waals surface area contributed by atoms with Crippen LogP contribution >= 0.6 is 0 Å². The fourth-order valence-electron chi connectivity index (χ4n) is 1.87. The van der Waals surface area contributed by atoms with Crippen LogP contribution in [0.4, 0.5) is 0 Å². The Labute approximate surface area is 153 Å². The minimum absolute atomic E-state index is 0.183. The summed E-state index contributed by atoms with van der Waals surface area (Å²) in [5.74, 6) is -5.61. The summed E-state index contributed by atoms with van der Waals surface area (Å²) in [5, 5.41) is 24.6. The van der Waals surface area contributed by atoms with E-state index < -0.39 is 60.7 Å². The average molecular weight is 389 g/mol. The quantitative estimate of drug-likeness (QED) is 0.154. The largest absolute Gasteiger partial charge is 0.480 e. The van der Waals surface area contributed by atoms with Crippen molar-refractivity contribution >= 4 is 35.6 Å². The van der Waals surface area contributed by atoms with Crippen LogP contribution in [0.3, 0.4) is 0 Å². The molecule has 0 fully saturated rings. The Hall–Kier alpha value is -3.22. The zero-order valence-corrected chi connectivity index (χ0v) is 14.4. The van der Waals surface area contributed by atoms with Gasteiger partial charge in [-0.1, -0.05) is 0 Å². The van der Waals surface area contributed by atoms with Crippen LogP contribution in [0.25, 0.3) is 0 Å². The van der Waals surface area contributed by atoms with E-state index in [-0.39, 0.29) is 25.7 Å². The third-order valence-electron chi connectivity index (χ3n) is 3.20. The highest BCUT2D eigenvalue weighted by molar-refractivity contribution is 5.87. The topological polar surface area (TPSA) is 231 Å². The summed E-state index contributed by atoms with van der Waals surface area (Å²) in [7, 11) is 0. The van der Waals surface area contributed by atoms with Crippen LogP contribution in [0, 0.1) is 0 Å². The molecule has 2 atom stereocenters. The Balaban J connectivity index is 4.31. The Morgan fingerprint density at radius 3 is 1.30 bits per heavy atom. The van der Waals surface area contributed by atoms with Crippen LogP contribution in [-0.2, 0) is 28.8 Å². The molecule has 0 saturated heterocycles. The Bertz CT molecular complexity index is 544. The minimum atomic E-state index is -1.35. The summed E-state index contributed by atoms with van der Waals surface area (Å²) in [6, 6.07) is -2.63. The van der Waals surface area contributed by atoms with E-state index in [1.54, 1.807) is 0 Å². The molecule has 0 rings (SSSR count). The molecule has 13 heteroatoms. The second kappa shape index (κ2) is 12.2. The zero-order valence-electron chi connectivity index (χ0n) is 14.4. The lowest BCUT2D eigenvalue weighted by molar-refractivity contribution is -0.142. The number of carbonyl (C=O) groups is 6. The van der Waals surface area contributed by atoms with Crippen molar-refractivity contribution in [3.63, 3.8) is 0 Å². The van der Waals surface area contributed by atoms with Crippen molar-refractivity contribution in [2.75, 3.05) is 13.1 Å². The summed E-state index contributed by atoms with van der Waals surface area (Å²) in [4.78, 5) is 66.6. The van der Waals surface area contributed by atoms with Crippen LogP contribution in [0.2, 0.25) is 0 Å². The van der Waals surface area contributed by atoms with E-state index >= 15 is 0 Å². The van der Waals surface area contributed by atoms with Crippen LogP contribution in [0.15, 0.2) is 0 Å². The van der Waals surface area contributed by atoms with Gasteiger partial charge in [0, 0.05) is 12.8 Å². The number of rotatable bonds is 14. The summed E-state index contributed by atoms with van der Waals surface area (Å²) in [6.45, 7) is -0.848. The van der Waals surface area contributed by atoms with Crippen molar-refractivity contribution in [2.24, 2.45) is 11.5 Å². The first-order valence-electron chi connectivity index (χ1n) is 7.84. The van der Waals surface area contributed by atoms with E-state index in [4.69, 9.17) is 21.7 Å². The molecule has 0 unspecified atom stereocenters. The molecule has 152 valence electrons. The molecule has 0 radical (unpaired) electrons. The summed E-state index contributed by atoms with van der Waals surface area (Å²) < 4.78 is 0. The highest BCUT2D eigenvalue weighted by Gasteiger charge is 2.22. The number of nitrogens with two attached hydrogens (primary N) is 2. The Morgan fingerprint density at radius 1 is 0.704 bits per heavy atom. The molecule has 0 aliphatic carbocycles.